The van der Waals surface area contributed by atoms with Gasteiger partial charge in [-0.25, -0.2) is 0 Å². The zero-order chi connectivity index (χ0) is 8.97. The minimum atomic E-state index is -0.220. The quantitative estimate of drug-likeness (QED) is 0.837. The van der Waals surface area contributed by atoms with Crippen LogP contribution in [0.1, 0.15) is 11.6 Å². The highest BCUT2D eigenvalue weighted by atomic mass is 79.9. The van der Waals surface area contributed by atoms with Crippen molar-refractivity contribution in [3.8, 4) is 6.07 Å². The lowest BCUT2D eigenvalue weighted by Gasteiger charge is -2.07. The second kappa shape index (κ2) is 4.24. The van der Waals surface area contributed by atoms with E-state index in [-0.39, 0.29) is 6.04 Å². The van der Waals surface area contributed by atoms with Gasteiger partial charge in [-0.15, -0.1) is 0 Å². The molecule has 0 spiro atoms. The number of hydrogen-bond acceptors (Lipinski definition) is 2. The molecule has 1 N–H and O–H groups in total. The molecule has 0 amide bonds. The molecule has 1 rings (SSSR count). The number of nitriles is 1. The summed E-state index contributed by atoms with van der Waals surface area (Å²) in [5, 5.41) is 11.7. The van der Waals surface area contributed by atoms with Gasteiger partial charge in [0.15, 0.2) is 0 Å². The van der Waals surface area contributed by atoms with Gasteiger partial charge in [0.1, 0.15) is 6.04 Å². The Balaban J connectivity index is 2.95. The van der Waals surface area contributed by atoms with Crippen molar-refractivity contribution in [3.63, 3.8) is 0 Å². The number of nitrogens with one attached hydrogen (secondary N) is 1. The molecule has 0 bridgehead atoms. The van der Waals surface area contributed by atoms with E-state index in [1.165, 1.54) is 0 Å². The van der Waals surface area contributed by atoms with E-state index in [1.807, 2.05) is 24.3 Å². The molecule has 0 aliphatic rings. The Labute approximate surface area is 80.3 Å². The SMILES string of the molecule is CNC(C#N)c1cccc(Br)c1. The van der Waals surface area contributed by atoms with Crippen molar-refractivity contribution in [2.45, 2.75) is 6.04 Å². The normalized spacial score (nSPS) is 12.1. The van der Waals surface area contributed by atoms with Gasteiger partial charge in [-0.1, -0.05) is 28.1 Å². The smallest absolute Gasteiger partial charge is 0.121 e. The fourth-order valence-corrected chi connectivity index (χ4v) is 1.41. The average molecular weight is 225 g/mol. The molecule has 0 aliphatic heterocycles. The summed E-state index contributed by atoms with van der Waals surface area (Å²) in [5.41, 5.74) is 0.981. The van der Waals surface area contributed by atoms with E-state index in [2.05, 4.69) is 27.3 Å². The maximum atomic E-state index is 8.74. The number of nitrogens with zero attached hydrogens (tertiary/aromatic N) is 1. The first-order chi connectivity index (χ1) is 5.77. The van der Waals surface area contributed by atoms with Crippen LogP contribution in [0.5, 0.6) is 0 Å². The molecule has 3 heteroatoms. The monoisotopic (exact) mass is 224 g/mol. The molecule has 0 saturated heterocycles. The molecule has 1 aromatic rings. The van der Waals surface area contributed by atoms with Gasteiger partial charge in [0.2, 0.25) is 0 Å². The first-order valence-corrected chi connectivity index (χ1v) is 4.39. The van der Waals surface area contributed by atoms with Crippen LogP contribution >= 0.6 is 15.9 Å². The highest BCUT2D eigenvalue weighted by molar-refractivity contribution is 9.10. The topological polar surface area (TPSA) is 35.8 Å². The molecule has 12 heavy (non-hydrogen) atoms. The van der Waals surface area contributed by atoms with Gasteiger partial charge in [0, 0.05) is 4.47 Å². The lowest BCUT2D eigenvalue weighted by Crippen LogP contribution is -2.13. The molecular weight excluding hydrogens is 216 g/mol. The summed E-state index contributed by atoms with van der Waals surface area (Å²) in [6, 6.07) is 9.66. The summed E-state index contributed by atoms with van der Waals surface area (Å²) >= 11 is 3.35. The Hall–Kier alpha value is -0.850. The zero-order valence-corrected chi connectivity index (χ0v) is 8.30. The molecule has 0 radical (unpaired) electrons. The third kappa shape index (κ3) is 2.07. The van der Waals surface area contributed by atoms with Gasteiger partial charge in [-0.3, -0.25) is 0 Å². The fourth-order valence-electron chi connectivity index (χ4n) is 0.992. The summed E-state index contributed by atoms with van der Waals surface area (Å²) < 4.78 is 0.996. The largest absolute Gasteiger partial charge is 0.301 e. The van der Waals surface area contributed by atoms with Crippen LogP contribution in [0.15, 0.2) is 28.7 Å². The van der Waals surface area contributed by atoms with Gasteiger partial charge >= 0.3 is 0 Å². The minimum Gasteiger partial charge on any atom is -0.301 e. The number of hydrogen-bond donors (Lipinski definition) is 1. The predicted molar refractivity (Wildman–Crippen MR) is 51.6 cm³/mol. The molecule has 62 valence electrons. The van der Waals surface area contributed by atoms with Crippen molar-refractivity contribution >= 4 is 15.9 Å². The van der Waals surface area contributed by atoms with Crippen molar-refractivity contribution in [1.29, 1.82) is 5.26 Å². The van der Waals surface area contributed by atoms with Crippen LogP contribution in [-0.4, -0.2) is 7.05 Å². The highest BCUT2D eigenvalue weighted by Crippen LogP contribution is 2.16. The lowest BCUT2D eigenvalue weighted by atomic mass is 10.1. The fraction of sp³-hybridized carbons (Fsp3) is 0.222. The lowest BCUT2D eigenvalue weighted by molar-refractivity contribution is 0.727. The first kappa shape index (κ1) is 9.24. The van der Waals surface area contributed by atoms with E-state index in [9.17, 15) is 0 Å². The number of rotatable bonds is 2. The predicted octanol–water partition coefficient (Wildman–Crippen LogP) is 2.23. The Morgan fingerprint density at radius 1 is 1.58 bits per heavy atom. The molecule has 1 atom stereocenters. The van der Waals surface area contributed by atoms with Crippen LogP contribution in [0, 0.1) is 11.3 Å². The summed E-state index contributed by atoms with van der Waals surface area (Å²) in [5.74, 6) is 0. The van der Waals surface area contributed by atoms with Crippen LogP contribution in [0.3, 0.4) is 0 Å². The number of benzene rings is 1. The second-order valence-corrected chi connectivity index (χ2v) is 3.32. The molecular formula is C9H9BrN2. The van der Waals surface area contributed by atoms with Gasteiger partial charge in [-0.05, 0) is 24.7 Å². The Bertz CT molecular complexity index is 304. The first-order valence-electron chi connectivity index (χ1n) is 3.60. The Morgan fingerprint density at radius 3 is 2.83 bits per heavy atom. The molecule has 0 heterocycles. The van der Waals surface area contributed by atoms with Crippen LogP contribution in [-0.2, 0) is 0 Å². The van der Waals surface area contributed by atoms with Gasteiger partial charge < -0.3 is 5.32 Å². The molecule has 1 aromatic carbocycles. The zero-order valence-electron chi connectivity index (χ0n) is 6.71. The van der Waals surface area contributed by atoms with Gasteiger partial charge in [-0.2, -0.15) is 5.26 Å². The van der Waals surface area contributed by atoms with Crippen LogP contribution in [0.4, 0.5) is 0 Å². The molecule has 1 unspecified atom stereocenters. The summed E-state index contributed by atoms with van der Waals surface area (Å²) in [6.45, 7) is 0. The highest BCUT2D eigenvalue weighted by Gasteiger charge is 2.06. The van der Waals surface area contributed by atoms with Crippen LogP contribution in [0.25, 0.3) is 0 Å². The van der Waals surface area contributed by atoms with E-state index in [0.717, 1.165) is 10.0 Å². The standard InChI is InChI=1S/C9H9BrN2/c1-12-9(6-11)7-3-2-4-8(10)5-7/h2-5,9,12H,1H3. The summed E-state index contributed by atoms with van der Waals surface area (Å²) in [4.78, 5) is 0. The minimum absolute atomic E-state index is 0.220. The second-order valence-electron chi connectivity index (χ2n) is 2.41. The van der Waals surface area contributed by atoms with Crippen molar-refractivity contribution in [3.05, 3.63) is 34.3 Å². The third-order valence-corrected chi connectivity index (χ3v) is 2.09. The van der Waals surface area contributed by atoms with Crippen molar-refractivity contribution in [1.82, 2.24) is 5.32 Å². The van der Waals surface area contributed by atoms with Crippen LogP contribution in [0.2, 0.25) is 0 Å². The van der Waals surface area contributed by atoms with Gasteiger partial charge in [0.05, 0.1) is 6.07 Å². The maximum Gasteiger partial charge on any atom is 0.121 e. The van der Waals surface area contributed by atoms with Gasteiger partial charge in [0.25, 0.3) is 0 Å². The van der Waals surface area contributed by atoms with E-state index in [4.69, 9.17) is 5.26 Å². The number of halogens is 1. The molecule has 0 aliphatic carbocycles. The molecule has 0 aromatic heterocycles. The van der Waals surface area contributed by atoms with Crippen LogP contribution < -0.4 is 5.32 Å². The summed E-state index contributed by atoms with van der Waals surface area (Å²) in [6.07, 6.45) is 0. The van der Waals surface area contributed by atoms with E-state index < -0.39 is 0 Å². The average Bonchev–Trinajstić information content (AvgIpc) is 2.07. The third-order valence-electron chi connectivity index (χ3n) is 1.60. The summed E-state index contributed by atoms with van der Waals surface area (Å²) in [7, 11) is 1.77. The van der Waals surface area contributed by atoms with E-state index >= 15 is 0 Å². The van der Waals surface area contributed by atoms with Crippen molar-refractivity contribution < 1.29 is 0 Å². The Kier molecular flexibility index (Phi) is 3.27. The molecule has 2 nitrogen and oxygen atoms in total. The molecule has 0 fully saturated rings. The van der Waals surface area contributed by atoms with E-state index in [1.54, 1.807) is 7.05 Å². The molecule has 0 saturated carbocycles. The Morgan fingerprint density at radius 2 is 2.33 bits per heavy atom. The van der Waals surface area contributed by atoms with Crippen molar-refractivity contribution in [2.75, 3.05) is 7.05 Å². The van der Waals surface area contributed by atoms with Crippen molar-refractivity contribution in [2.24, 2.45) is 0 Å². The maximum absolute atomic E-state index is 8.74. The van der Waals surface area contributed by atoms with E-state index in [0.29, 0.717) is 0 Å².